The second kappa shape index (κ2) is 8.57. The fourth-order valence-electron chi connectivity index (χ4n) is 3.56. The van der Waals surface area contributed by atoms with Crippen molar-refractivity contribution in [2.24, 2.45) is 4.99 Å². The third kappa shape index (κ3) is 4.37. The maximum Gasteiger partial charge on any atom is 0.194 e. The molecule has 1 aromatic carbocycles. The number of nitrogens with one attached hydrogen (secondary N) is 1. The van der Waals surface area contributed by atoms with E-state index in [1.54, 1.807) is 12.1 Å². The minimum atomic E-state index is -0.245. The minimum Gasteiger partial charge on any atom is -0.367 e. The lowest BCUT2D eigenvalue weighted by Crippen LogP contribution is -2.50. The van der Waals surface area contributed by atoms with E-state index in [2.05, 4.69) is 20.4 Å². The number of nitrogens with zero attached hydrogens (tertiary/aromatic N) is 5. The average Bonchev–Trinajstić information content (AvgIpc) is 3.14. The van der Waals surface area contributed by atoms with Crippen molar-refractivity contribution < 1.29 is 9.13 Å². The number of guanidine groups is 1. The molecule has 0 amide bonds. The summed E-state index contributed by atoms with van der Waals surface area (Å²) in [4.78, 5) is 6.99. The van der Waals surface area contributed by atoms with E-state index in [0.717, 1.165) is 36.1 Å². The molecule has 8 heteroatoms. The van der Waals surface area contributed by atoms with Gasteiger partial charge in [0.05, 0.1) is 12.6 Å². The Morgan fingerprint density at radius 2 is 2.03 bits per heavy atom. The molecule has 3 heterocycles. The normalized spacial score (nSPS) is 20.2. The second-order valence-corrected chi connectivity index (χ2v) is 7.11. The van der Waals surface area contributed by atoms with E-state index in [9.17, 15) is 4.39 Å². The number of ether oxygens (including phenoxy) is 1. The Bertz CT molecular complexity index is 986. The van der Waals surface area contributed by atoms with Gasteiger partial charge in [-0.1, -0.05) is 18.2 Å². The number of rotatable bonds is 4. The van der Waals surface area contributed by atoms with Crippen LogP contribution in [0.3, 0.4) is 0 Å². The van der Waals surface area contributed by atoms with Crippen LogP contribution in [0, 0.1) is 5.82 Å². The zero-order valence-corrected chi connectivity index (χ0v) is 16.6. The predicted octanol–water partition coefficient (Wildman–Crippen LogP) is 2.80. The summed E-state index contributed by atoms with van der Waals surface area (Å²) in [5.41, 5.74) is 1.77. The number of morpholine rings is 1. The summed E-state index contributed by atoms with van der Waals surface area (Å²) in [6, 6.07) is 12.3. The molecular formula is C21H25FN6O. The first-order chi connectivity index (χ1) is 14.1. The molecule has 1 saturated heterocycles. The first-order valence-electron chi connectivity index (χ1n) is 9.87. The van der Waals surface area contributed by atoms with Crippen molar-refractivity contribution in [3.63, 3.8) is 0 Å². The molecular weight excluding hydrogens is 371 g/mol. The summed E-state index contributed by atoms with van der Waals surface area (Å²) in [6.07, 6.45) is 1.82. The van der Waals surface area contributed by atoms with E-state index in [0.29, 0.717) is 13.1 Å². The molecule has 2 atom stereocenters. The number of fused-ring (bicyclic) bond motifs is 1. The van der Waals surface area contributed by atoms with E-state index < -0.39 is 0 Å². The Labute approximate surface area is 169 Å². The predicted molar refractivity (Wildman–Crippen MR) is 109 cm³/mol. The van der Waals surface area contributed by atoms with Gasteiger partial charge in [0, 0.05) is 19.3 Å². The van der Waals surface area contributed by atoms with Crippen molar-refractivity contribution in [3.8, 4) is 0 Å². The number of hydrogen-bond donors (Lipinski definition) is 1. The molecule has 2 unspecified atom stereocenters. The van der Waals surface area contributed by atoms with Crippen LogP contribution in [-0.4, -0.2) is 51.2 Å². The van der Waals surface area contributed by atoms with Gasteiger partial charge in [0.25, 0.3) is 0 Å². The highest BCUT2D eigenvalue weighted by atomic mass is 19.1. The molecule has 1 aliphatic heterocycles. The van der Waals surface area contributed by atoms with E-state index >= 15 is 0 Å². The summed E-state index contributed by atoms with van der Waals surface area (Å²) in [6.45, 7) is 6.63. The molecule has 3 aromatic rings. The molecule has 29 heavy (non-hydrogen) atoms. The van der Waals surface area contributed by atoms with E-state index in [1.165, 1.54) is 12.1 Å². The Morgan fingerprint density at radius 1 is 1.21 bits per heavy atom. The Balaban J connectivity index is 1.54. The van der Waals surface area contributed by atoms with Crippen LogP contribution in [0.5, 0.6) is 0 Å². The van der Waals surface area contributed by atoms with Crippen molar-refractivity contribution in [1.82, 2.24) is 24.8 Å². The minimum absolute atomic E-state index is 0.0246. The maximum atomic E-state index is 13.3. The van der Waals surface area contributed by atoms with Gasteiger partial charge < -0.3 is 15.0 Å². The molecule has 0 spiro atoms. The third-order valence-electron chi connectivity index (χ3n) is 4.89. The lowest BCUT2D eigenvalue weighted by Gasteiger charge is -2.38. The van der Waals surface area contributed by atoms with Crippen molar-refractivity contribution >= 4 is 11.6 Å². The van der Waals surface area contributed by atoms with Gasteiger partial charge in [0.15, 0.2) is 17.4 Å². The van der Waals surface area contributed by atoms with Crippen molar-refractivity contribution in [1.29, 1.82) is 0 Å². The monoisotopic (exact) mass is 396 g/mol. The highest BCUT2D eigenvalue weighted by Crippen LogP contribution is 2.25. The molecule has 1 aliphatic rings. The molecule has 0 saturated carbocycles. The Kier molecular flexibility index (Phi) is 5.71. The number of halogens is 1. The number of aliphatic imine (C=N–C) groups is 1. The highest BCUT2D eigenvalue weighted by molar-refractivity contribution is 5.80. The third-order valence-corrected chi connectivity index (χ3v) is 4.89. The van der Waals surface area contributed by atoms with Crippen LogP contribution in [-0.2, 0) is 11.3 Å². The molecule has 4 rings (SSSR count). The van der Waals surface area contributed by atoms with Crippen LogP contribution in [0.2, 0.25) is 0 Å². The SMILES string of the molecule is CCNC(=NCc1nnc2ccccn12)N1CC(C)OC(c2ccc(F)cc2)C1. The van der Waals surface area contributed by atoms with Crippen molar-refractivity contribution in [2.75, 3.05) is 19.6 Å². The van der Waals surface area contributed by atoms with Crippen LogP contribution in [0.15, 0.2) is 53.7 Å². The van der Waals surface area contributed by atoms with Crippen molar-refractivity contribution in [2.45, 2.75) is 32.6 Å². The molecule has 152 valence electrons. The van der Waals surface area contributed by atoms with E-state index in [4.69, 9.17) is 9.73 Å². The van der Waals surface area contributed by atoms with Crippen LogP contribution in [0.25, 0.3) is 5.65 Å². The largest absolute Gasteiger partial charge is 0.367 e. The van der Waals surface area contributed by atoms with Crippen LogP contribution >= 0.6 is 0 Å². The summed E-state index contributed by atoms with van der Waals surface area (Å²) >= 11 is 0. The fraction of sp³-hybridized carbons (Fsp3) is 0.381. The van der Waals surface area contributed by atoms with Gasteiger partial charge in [-0.2, -0.15) is 0 Å². The van der Waals surface area contributed by atoms with Gasteiger partial charge in [0.2, 0.25) is 0 Å². The Morgan fingerprint density at radius 3 is 2.83 bits per heavy atom. The van der Waals surface area contributed by atoms with Crippen LogP contribution < -0.4 is 5.32 Å². The molecule has 0 aliphatic carbocycles. The summed E-state index contributed by atoms with van der Waals surface area (Å²) in [5, 5.41) is 11.8. The van der Waals surface area contributed by atoms with Gasteiger partial charge in [-0.15, -0.1) is 10.2 Å². The highest BCUT2D eigenvalue weighted by Gasteiger charge is 2.28. The molecule has 1 fully saturated rings. The second-order valence-electron chi connectivity index (χ2n) is 7.11. The van der Waals surface area contributed by atoms with Crippen LogP contribution in [0.4, 0.5) is 4.39 Å². The summed E-state index contributed by atoms with van der Waals surface area (Å²) < 4.78 is 21.3. The maximum absolute atomic E-state index is 13.3. The molecule has 1 N–H and O–H groups in total. The lowest BCUT2D eigenvalue weighted by molar-refractivity contribution is -0.0605. The number of aromatic nitrogens is 3. The summed E-state index contributed by atoms with van der Waals surface area (Å²) in [7, 11) is 0. The lowest BCUT2D eigenvalue weighted by atomic mass is 10.1. The zero-order chi connectivity index (χ0) is 20.2. The van der Waals surface area contributed by atoms with Gasteiger partial charge in [-0.05, 0) is 43.7 Å². The zero-order valence-electron chi connectivity index (χ0n) is 16.6. The quantitative estimate of drug-likeness (QED) is 0.543. The van der Waals surface area contributed by atoms with Gasteiger partial charge in [-0.3, -0.25) is 4.40 Å². The fourth-order valence-corrected chi connectivity index (χ4v) is 3.56. The van der Waals surface area contributed by atoms with E-state index in [1.807, 2.05) is 42.6 Å². The average molecular weight is 396 g/mol. The summed E-state index contributed by atoms with van der Waals surface area (Å²) in [5.74, 6) is 1.35. The topological polar surface area (TPSA) is 67.0 Å². The molecule has 2 aromatic heterocycles. The van der Waals surface area contributed by atoms with E-state index in [-0.39, 0.29) is 18.0 Å². The number of hydrogen-bond acceptors (Lipinski definition) is 4. The van der Waals surface area contributed by atoms with Crippen LogP contribution in [0.1, 0.15) is 31.3 Å². The van der Waals surface area contributed by atoms with Gasteiger partial charge >= 0.3 is 0 Å². The first kappa shape index (κ1) is 19.3. The molecule has 0 bridgehead atoms. The molecule has 7 nitrogen and oxygen atoms in total. The van der Waals surface area contributed by atoms with Gasteiger partial charge in [0.1, 0.15) is 18.5 Å². The first-order valence-corrected chi connectivity index (χ1v) is 9.87. The Hall–Kier alpha value is -3.00. The standard InChI is InChI=1S/C21H25FN6O/c1-3-23-21(24-12-20-26-25-19-6-4-5-11-28(19)20)27-13-15(2)29-18(14-27)16-7-9-17(22)10-8-16/h4-11,15,18H,3,12-14H2,1-2H3,(H,23,24). The molecule has 0 radical (unpaired) electrons. The number of pyridine rings is 1. The smallest absolute Gasteiger partial charge is 0.194 e. The van der Waals surface area contributed by atoms with Crippen molar-refractivity contribution in [3.05, 3.63) is 65.9 Å². The number of benzene rings is 1. The van der Waals surface area contributed by atoms with Gasteiger partial charge in [-0.25, -0.2) is 9.38 Å².